The van der Waals surface area contributed by atoms with Crippen LogP contribution in [-0.4, -0.2) is 83.4 Å². The molecule has 14 heteroatoms. The first-order valence-corrected chi connectivity index (χ1v) is 20.3. The summed E-state index contributed by atoms with van der Waals surface area (Å²) in [5.74, 6) is -0.595. The van der Waals surface area contributed by atoms with Crippen LogP contribution in [0.25, 0.3) is 0 Å². The Labute approximate surface area is 344 Å². The maximum atomic E-state index is 14.4. The van der Waals surface area contributed by atoms with Crippen molar-refractivity contribution in [3.05, 3.63) is 112 Å². The van der Waals surface area contributed by atoms with Gasteiger partial charge < -0.3 is 34.0 Å². The summed E-state index contributed by atoms with van der Waals surface area (Å²) >= 11 is 0. The molecule has 0 bridgehead atoms. The molecular weight excluding hydrogens is 759 g/mol. The van der Waals surface area contributed by atoms with E-state index in [1.165, 1.54) is 31.4 Å². The number of aldehydes is 1. The first kappa shape index (κ1) is 43.0. The normalized spacial score (nSPS) is 23.5. The summed E-state index contributed by atoms with van der Waals surface area (Å²) in [7, 11) is 1.48. The molecule has 0 radical (unpaired) electrons. The van der Waals surface area contributed by atoms with Crippen LogP contribution in [0.5, 0.6) is 23.0 Å². The molecule has 6 rings (SSSR count). The van der Waals surface area contributed by atoms with Crippen LogP contribution in [0.4, 0.5) is 10.5 Å². The molecular formula is C45H53N3O11. The number of nitro groups is 1. The second-order valence-corrected chi connectivity index (χ2v) is 15.1. The summed E-state index contributed by atoms with van der Waals surface area (Å²) in [5.41, 5.74) is 2.71. The van der Waals surface area contributed by atoms with Crippen molar-refractivity contribution >= 4 is 23.8 Å². The number of rotatable bonds is 20. The molecule has 2 N–H and O–H groups in total. The van der Waals surface area contributed by atoms with Crippen LogP contribution in [0, 0.1) is 27.9 Å². The smallest absolute Gasteiger partial charge is 0.415 e. The molecule has 0 aromatic heterocycles. The Morgan fingerprint density at radius 3 is 2.44 bits per heavy atom. The van der Waals surface area contributed by atoms with Gasteiger partial charge in [-0.2, -0.15) is 0 Å². The Morgan fingerprint density at radius 2 is 1.76 bits per heavy atom. The van der Waals surface area contributed by atoms with Crippen molar-refractivity contribution in [2.24, 2.45) is 22.9 Å². The van der Waals surface area contributed by atoms with E-state index in [1.54, 1.807) is 41.3 Å². The summed E-state index contributed by atoms with van der Waals surface area (Å²) in [6.07, 6.45) is 9.03. The number of non-ortho nitro benzene ring substituents is 1. The zero-order valence-electron chi connectivity index (χ0n) is 33.6. The summed E-state index contributed by atoms with van der Waals surface area (Å²) in [6, 6.07) is 17.1. The molecule has 3 aromatic carbocycles. The number of allylic oxidation sites excluding steroid dienone is 1. The van der Waals surface area contributed by atoms with Gasteiger partial charge in [-0.05, 0) is 92.0 Å². The standard InChI is InChI=1S/C45H53N3O11/c1-4-21-47(44(52)58-33-17-15-32(16-18-33)48(53)54)41-28-39(46-55-3)37-26-31(12-6-8-22-49)36(14-7-9-23-50)42-38-27-35(57-34-13-10-11-30(25-34)29-51)19-20-40(38)59-45(41,43(37)42)56-24-5-2/h5,10-11,13,15-20,25-27,29,31,36,41-43,49-50H,2,4,6-9,12,14,21-24,28H2,1,3H3. The number of oxime groups is 1. The van der Waals surface area contributed by atoms with E-state index < -0.39 is 28.8 Å². The number of hydrogen-bond acceptors (Lipinski definition) is 12. The summed E-state index contributed by atoms with van der Waals surface area (Å²) in [6.45, 7) is 6.37. The number of aliphatic hydroxyl groups is 2. The second-order valence-electron chi connectivity index (χ2n) is 15.1. The molecule has 0 saturated heterocycles. The van der Waals surface area contributed by atoms with Crippen molar-refractivity contribution in [2.45, 2.75) is 76.0 Å². The van der Waals surface area contributed by atoms with Gasteiger partial charge in [-0.1, -0.05) is 49.2 Å². The molecule has 6 atom stereocenters. The number of aliphatic hydroxyl groups excluding tert-OH is 2. The second kappa shape index (κ2) is 19.9. The van der Waals surface area contributed by atoms with Gasteiger partial charge >= 0.3 is 6.09 Å². The van der Waals surface area contributed by atoms with Crippen molar-refractivity contribution < 1.29 is 48.5 Å². The molecule has 59 heavy (non-hydrogen) atoms. The number of nitro benzene ring substituents is 1. The largest absolute Gasteiger partial charge is 0.459 e. The molecule has 1 amide bonds. The minimum Gasteiger partial charge on any atom is -0.459 e. The lowest BCUT2D eigenvalue weighted by Crippen LogP contribution is -2.70. The Morgan fingerprint density at radius 1 is 1.03 bits per heavy atom. The van der Waals surface area contributed by atoms with Gasteiger partial charge in [-0.25, -0.2) is 4.79 Å². The van der Waals surface area contributed by atoms with Crippen LogP contribution in [-0.2, 0) is 9.57 Å². The number of hydrogen-bond donors (Lipinski definition) is 2. The third-order valence-corrected chi connectivity index (χ3v) is 11.4. The van der Waals surface area contributed by atoms with Crippen molar-refractivity contribution in [2.75, 3.05) is 33.5 Å². The zero-order valence-corrected chi connectivity index (χ0v) is 33.6. The first-order chi connectivity index (χ1) is 28.7. The highest BCUT2D eigenvalue weighted by molar-refractivity contribution is 6.03. The van der Waals surface area contributed by atoms with Gasteiger partial charge in [0.05, 0.1) is 23.2 Å². The van der Waals surface area contributed by atoms with Crippen LogP contribution in [0.15, 0.2) is 96.2 Å². The first-order valence-electron chi connectivity index (χ1n) is 20.3. The van der Waals surface area contributed by atoms with Crippen LogP contribution < -0.4 is 14.2 Å². The quantitative estimate of drug-likeness (QED) is 0.0368. The van der Waals surface area contributed by atoms with E-state index in [0.29, 0.717) is 47.8 Å². The van der Waals surface area contributed by atoms with Crippen molar-refractivity contribution in [1.29, 1.82) is 0 Å². The van der Waals surface area contributed by atoms with E-state index in [2.05, 4.69) is 17.8 Å². The zero-order chi connectivity index (χ0) is 41.9. The molecule has 0 spiro atoms. The average molecular weight is 812 g/mol. The Hall–Kier alpha value is -5.57. The Balaban J connectivity index is 1.54. The molecule has 14 nitrogen and oxygen atoms in total. The minimum absolute atomic E-state index is 0.00813. The molecule has 1 aliphatic heterocycles. The fourth-order valence-electron chi connectivity index (χ4n) is 9.02. The van der Waals surface area contributed by atoms with E-state index in [-0.39, 0.29) is 62.0 Å². The summed E-state index contributed by atoms with van der Waals surface area (Å²) in [5, 5.41) is 35.6. The van der Waals surface area contributed by atoms with Gasteiger partial charge in [0.1, 0.15) is 42.4 Å². The molecule has 1 saturated carbocycles. The third kappa shape index (κ3) is 9.35. The lowest BCUT2D eigenvalue weighted by Gasteiger charge is -2.59. The van der Waals surface area contributed by atoms with E-state index in [9.17, 15) is 29.9 Å². The maximum absolute atomic E-state index is 14.4. The number of amides is 1. The number of benzene rings is 3. The fourth-order valence-corrected chi connectivity index (χ4v) is 9.02. The molecule has 6 unspecified atom stereocenters. The predicted molar refractivity (Wildman–Crippen MR) is 220 cm³/mol. The number of carbonyl (C=O) groups excluding carboxylic acids is 2. The Kier molecular flexibility index (Phi) is 14.5. The van der Waals surface area contributed by atoms with Crippen LogP contribution in [0.1, 0.15) is 80.1 Å². The topological polar surface area (TPSA) is 179 Å². The predicted octanol–water partition coefficient (Wildman–Crippen LogP) is 8.37. The van der Waals surface area contributed by atoms with E-state index in [4.69, 9.17) is 23.8 Å². The van der Waals surface area contributed by atoms with Gasteiger partial charge in [-0.15, -0.1) is 6.58 Å². The van der Waals surface area contributed by atoms with Crippen LogP contribution in [0.2, 0.25) is 0 Å². The van der Waals surface area contributed by atoms with Gasteiger partial charge in [0.15, 0.2) is 0 Å². The number of unbranched alkanes of at least 4 members (excludes halogenated alkanes) is 2. The highest BCUT2D eigenvalue weighted by Crippen LogP contribution is 2.62. The lowest BCUT2D eigenvalue weighted by molar-refractivity contribution is -0.384. The highest BCUT2D eigenvalue weighted by Gasteiger charge is 2.65. The lowest BCUT2D eigenvalue weighted by atomic mass is 9.55. The van der Waals surface area contributed by atoms with E-state index in [0.717, 1.165) is 43.1 Å². The van der Waals surface area contributed by atoms with Crippen molar-refractivity contribution in [3.63, 3.8) is 0 Å². The van der Waals surface area contributed by atoms with Gasteiger partial charge in [0, 0.05) is 55.4 Å². The fraction of sp³-hybridized carbons (Fsp3) is 0.444. The van der Waals surface area contributed by atoms with Gasteiger partial charge in [-0.3, -0.25) is 19.8 Å². The number of fused-ring (bicyclic) bond motifs is 2. The molecule has 3 aromatic rings. The highest BCUT2D eigenvalue weighted by atomic mass is 16.7. The Bertz CT molecular complexity index is 2020. The van der Waals surface area contributed by atoms with E-state index in [1.807, 2.05) is 19.1 Å². The van der Waals surface area contributed by atoms with Crippen molar-refractivity contribution in [1.82, 2.24) is 4.90 Å². The third-order valence-electron chi connectivity index (χ3n) is 11.4. The number of nitrogens with zero attached hydrogens (tertiary/aromatic N) is 3. The van der Waals surface area contributed by atoms with Gasteiger partial charge in [0.2, 0.25) is 5.79 Å². The van der Waals surface area contributed by atoms with Crippen LogP contribution in [0.3, 0.4) is 0 Å². The molecule has 314 valence electrons. The summed E-state index contributed by atoms with van der Waals surface area (Å²) in [4.78, 5) is 44.0. The molecule has 2 aliphatic carbocycles. The minimum atomic E-state index is -1.50. The molecule has 1 fully saturated rings. The number of carbonyl (C=O) groups is 2. The average Bonchev–Trinajstić information content (AvgIpc) is 3.24. The van der Waals surface area contributed by atoms with E-state index >= 15 is 0 Å². The monoisotopic (exact) mass is 811 g/mol. The number of ether oxygens (including phenoxy) is 4. The SMILES string of the molecule is C=CCOC12Oc3ccc(Oc4cccc(C=O)c4)cc3C3C(CCCCO)C(CCCCO)C=C(C(=NOC)CC1N(CCC)C(=O)Oc1ccc([N+](=O)[O-])cc1)C32. The maximum Gasteiger partial charge on any atom is 0.415 e. The molecule has 1 heterocycles. The molecule has 3 aliphatic rings. The van der Waals surface area contributed by atoms with Crippen LogP contribution >= 0.6 is 0 Å². The van der Waals surface area contributed by atoms with Gasteiger partial charge in [0.25, 0.3) is 5.69 Å². The summed E-state index contributed by atoms with van der Waals surface area (Å²) < 4.78 is 26.4. The van der Waals surface area contributed by atoms with Crippen molar-refractivity contribution in [3.8, 4) is 23.0 Å².